The Kier molecular flexibility index (Phi) is 7.68. The fourth-order valence-corrected chi connectivity index (χ4v) is 3.96. The molecule has 168 valence electrons. The number of aliphatic hydroxyl groups is 1. The Morgan fingerprint density at radius 2 is 2.07 bits per heavy atom. The van der Waals surface area contributed by atoms with Crippen LogP contribution in [-0.2, 0) is 14.3 Å². The van der Waals surface area contributed by atoms with Gasteiger partial charge in [-0.15, -0.1) is 0 Å². The number of anilines is 1. The third kappa shape index (κ3) is 5.50. The van der Waals surface area contributed by atoms with E-state index in [9.17, 15) is 14.7 Å². The van der Waals surface area contributed by atoms with Crippen molar-refractivity contribution in [1.82, 2.24) is 15.4 Å². The number of β-amino-alcohol motifs (C(OH)–C–C–N with tert-alkyl or cyclic N) is 1. The molecule has 1 aromatic heterocycles. The number of amides is 3. The summed E-state index contributed by atoms with van der Waals surface area (Å²) in [6, 6.07) is -0.613. The van der Waals surface area contributed by atoms with E-state index < -0.39 is 6.10 Å². The molecule has 2 aliphatic heterocycles. The number of nitrogens with one attached hydrogen (secondary N) is 2. The molecule has 2 saturated heterocycles. The summed E-state index contributed by atoms with van der Waals surface area (Å²) in [4.78, 5) is 26.8. The molecule has 0 aromatic carbocycles. The summed E-state index contributed by atoms with van der Waals surface area (Å²) >= 11 is 0. The second-order valence-electron chi connectivity index (χ2n) is 7.97. The molecule has 0 bridgehead atoms. The molecular formula is C20H32N4O6. The van der Waals surface area contributed by atoms with Crippen LogP contribution in [0.25, 0.3) is 0 Å². The summed E-state index contributed by atoms with van der Waals surface area (Å²) in [5.41, 5.74) is 1.12. The summed E-state index contributed by atoms with van der Waals surface area (Å²) in [7, 11) is 0. The first-order valence-electron chi connectivity index (χ1n) is 10.6. The Labute approximate surface area is 176 Å². The predicted molar refractivity (Wildman–Crippen MR) is 108 cm³/mol. The van der Waals surface area contributed by atoms with Gasteiger partial charge in [-0.2, -0.15) is 0 Å². The molecule has 30 heavy (non-hydrogen) atoms. The Hall–Kier alpha value is -2.17. The Balaban J connectivity index is 1.69. The molecule has 10 nitrogen and oxygen atoms in total. The van der Waals surface area contributed by atoms with E-state index in [0.29, 0.717) is 36.5 Å². The number of aliphatic hydroxyl groups excluding tert-OH is 1. The van der Waals surface area contributed by atoms with E-state index in [1.807, 2.05) is 6.92 Å². The number of ether oxygens (including phenoxy) is 2. The van der Waals surface area contributed by atoms with Crippen molar-refractivity contribution < 1.29 is 28.7 Å². The quantitative estimate of drug-likeness (QED) is 0.651. The molecule has 0 aliphatic carbocycles. The smallest absolute Gasteiger partial charge is 0.322 e. The zero-order valence-electron chi connectivity index (χ0n) is 17.8. The van der Waals surface area contributed by atoms with Gasteiger partial charge in [0.25, 0.3) is 0 Å². The largest absolute Gasteiger partial charge is 0.389 e. The minimum atomic E-state index is -0.793. The van der Waals surface area contributed by atoms with Crippen molar-refractivity contribution in [2.24, 2.45) is 0 Å². The number of aryl methyl sites for hydroxylation is 2. The maximum Gasteiger partial charge on any atom is 0.322 e. The summed E-state index contributed by atoms with van der Waals surface area (Å²) < 4.78 is 16.9. The molecule has 0 radical (unpaired) electrons. The van der Waals surface area contributed by atoms with Gasteiger partial charge >= 0.3 is 6.03 Å². The summed E-state index contributed by atoms with van der Waals surface area (Å²) in [5.74, 6) is 0.488. The minimum Gasteiger partial charge on any atom is -0.389 e. The fourth-order valence-electron chi connectivity index (χ4n) is 3.96. The highest BCUT2D eigenvalue weighted by Gasteiger charge is 2.40. The first-order chi connectivity index (χ1) is 14.4. The molecule has 3 rings (SSSR count). The van der Waals surface area contributed by atoms with Gasteiger partial charge in [0.15, 0.2) is 5.76 Å². The highest BCUT2D eigenvalue weighted by molar-refractivity contribution is 5.90. The van der Waals surface area contributed by atoms with Crippen LogP contribution in [-0.4, -0.2) is 77.8 Å². The molecule has 10 heteroatoms. The van der Waals surface area contributed by atoms with Crippen molar-refractivity contribution >= 4 is 17.6 Å². The molecule has 0 unspecified atom stereocenters. The monoisotopic (exact) mass is 424 g/mol. The standard InChI is InChI=1S/C20H32N4O6/c1-4-7-21-18(26)8-15-5-6-16-17(29-15)11-28-10-14(25)9-24(16)20(27)22-19-12(2)23-30-13(19)3/h14-17,25H,4-11H2,1-3H3,(H,21,26)(H,22,27)/t14-,15-,16-,17+/m1/s1. The number of urea groups is 1. The Morgan fingerprint density at radius 3 is 2.77 bits per heavy atom. The van der Waals surface area contributed by atoms with Gasteiger partial charge < -0.3 is 34.6 Å². The van der Waals surface area contributed by atoms with Crippen molar-refractivity contribution in [3.8, 4) is 0 Å². The van der Waals surface area contributed by atoms with E-state index in [-0.39, 0.29) is 56.4 Å². The maximum atomic E-state index is 13.1. The molecule has 2 aliphatic rings. The van der Waals surface area contributed by atoms with Gasteiger partial charge in [-0.1, -0.05) is 12.1 Å². The van der Waals surface area contributed by atoms with Crippen LogP contribution in [0.3, 0.4) is 0 Å². The first-order valence-corrected chi connectivity index (χ1v) is 10.6. The van der Waals surface area contributed by atoms with Crippen molar-refractivity contribution in [1.29, 1.82) is 0 Å². The van der Waals surface area contributed by atoms with E-state index in [4.69, 9.17) is 14.0 Å². The number of fused-ring (bicyclic) bond motifs is 1. The van der Waals surface area contributed by atoms with E-state index in [0.717, 1.165) is 6.42 Å². The second-order valence-corrected chi connectivity index (χ2v) is 7.97. The number of aromatic nitrogens is 1. The highest BCUT2D eigenvalue weighted by atomic mass is 16.5. The highest BCUT2D eigenvalue weighted by Crippen LogP contribution is 2.29. The van der Waals surface area contributed by atoms with E-state index in [2.05, 4.69) is 15.8 Å². The number of hydrogen-bond donors (Lipinski definition) is 3. The molecule has 0 saturated carbocycles. The lowest BCUT2D eigenvalue weighted by molar-refractivity contribution is -0.149. The number of hydrogen-bond acceptors (Lipinski definition) is 7. The van der Waals surface area contributed by atoms with Crippen LogP contribution in [0.15, 0.2) is 4.52 Å². The maximum absolute atomic E-state index is 13.1. The zero-order chi connectivity index (χ0) is 21.7. The SMILES string of the molecule is CCCNC(=O)C[C@H]1CC[C@@H]2[C@H](COC[C@H](O)CN2C(=O)Nc2c(C)noc2C)O1. The van der Waals surface area contributed by atoms with Crippen molar-refractivity contribution in [3.63, 3.8) is 0 Å². The van der Waals surface area contributed by atoms with Gasteiger partial charge in [0.2, 0.25) is 5.91 Å². The topological polar surface area (TPSA) is 126 Å². The number of carbonyl (C=O) groups excluding carboxylic acids is 2. The van der Waals surface area contributed by atoms with Crippen LogP contribution >= 0.6 is 0 Å². The molecule has 0 spiro atoms. The lowest BCUT2D eigenvalue weighted by Crippen LogP contribution is -2.58. The lowest BCUT2D eigenvalue weighted by atomic mass is 9.95. The minimum absolute atomic E-state index is 0.0320. The second kappa shape index (κ2) is 10.2. The zero-order valence-corrected chi connectivity index (χ0v) is 17.8. The van der Waals surface area contributed by atoms with Crippen molar-refractivity contribution in [2.75, 3.05) is 31.6 Å². The van der Waals surface area contributed by atoms with Crippen LogP contribution in [0, 0.1) is 13.8 Å². The summed E-state index contributed by atoms with van der Waals surface area (Å²) in [6.07, 6.45) is 1.09. The molecular weight excluding hydrogens is 392 g/mol. The van der Waals surface area contributed by atoms with Gasteiger partial charge in [-0.3, -0.25) is 4.79 Å². The van der Waals surface area contributed by atoms with Crippen LogP contribution in [0.2, 0.25) is 0 Å². The van der Waals surface area contributed by atoms with E-state index >= 15 is 0 Å². The summed E-state index contributed by atoms with van der Waals surface area (Å²) in [5, 5.41) is 19.8. The van der Waals surface area contributed by atoms with Crippen LogP contribution in [0.4, 0.5) is 10.5 Å². The Morgan fingerprint density at radius 1 is 1.27 bits per heavy atom. The number of rotatable bonds is 5. The van der Waals surface area contributed by atoms with E-state index in [1.165, 1.54) is 0 Å². The third-order valence-electron chi connectivity index (χ3n) is 5.49. The predicted octanol–water partition coefficient (Wildman–Crippen LogP) is 1.35. The molecule has 2 fully saturated rings. The van der Waals surface area contributed by atoms with Gasteiger partial charge in [-0.25, -0.2) is 4.79 Å². The van der Waals surface area contributed by atoms with E-state index in [1.54, 1.807) is 18.7 Å². The number of carbonyl (C=O) groups is 2. The molecule has 4 atom stereocenters. The fraction of sp³-hybridized carbons (Fsp3) is 0.750. The van der Waals surface area contributed by atoms with Crippen molar-refractivity contribution in [2.45, 2.75) is 70.8 Å². The molecule has 3 N–H and O–H groups in total. The average molecular weight is 424 g/mol. The third-order valence-corrected chi connectivity index (χ3v) is 5.49. The first kappa shape index (κ1) is 22.5. The van der Waals surface area contributed by atoms with Gasteiger partial charge in [-0.05, 0) is 33.1 Å². The number of nitrogens with zero attached hydrogens (tertiary/aromatic N) is 2. The molecule has 1 aromatic rings. The average Bonchev–Trinajstić information content (AvgIpc) is 3.01. The summed E-state index contributed by atoms with van der Waals surface area (Å²) in [6.45, 7) is 6.63. The van der Waals surface area contributed by atoms with Gasteiger partial charge in [0.05, 0.1) is 44.4 Å². The van der Waals surface area contributed by atoms with Crippen LogP contribution in [0.1, 0.15) is 44.1 Å². The molecule has 3 heterocycles. The van der Waals surface area contributed by atoms with Crippen LogP contribution in [0.5, 0.6) is 0 Å². The van der Waals surface area contributed by atoms with Crippen molar-refractivity contribution in [3.05, 3.63) is 11.5 Å². The van der Waals surface area contributed by atoms with Gasteiger partial charge in [0.1, 0.15) is 17.5 Å². The van der Waals surface area contributed by atoms with Gasteiger partial charge in [0, 0.05) is 6.54 Å². The normalized spacial score (nSPS) is 27.0. The van der Waals surface area contributed by atoms with Crippen LogP contribution < -0.4 is 10.6 Å². The molecule has 3 amide bonds. The lowest BCUT2D eigenvalue weighted by Gasteiger charge is -2.44. The Bertz CT molecular complexity index is 719.